The quantitative estimate of drug-likeness (QED) is 0.534. The van der Waals surface area contributed by atoms with Gasteiger partial charge in [-0.3, -0.25) is 14.1 Å². The van der Waals surface area contributed by atoms with Crippen LogP contribution in [-0.2, 0) is 0 Å². The normalized spacial score (nSPS) is 18.8. The number of likely N-dealkylation sites (tertiary alicyclic amines) is 1. The minimum Gasteiger partial charge on any atom is -0.337 e. The Kier molecular flexibility index (Phi) is 4.14. The maximum atomic E-state index is 12.9. The van der Waals surface area contributed by atoms with E-state index in [4.69, 9.17) is 4.52 Å². The molecule has 8 heteroatoms. The number of nitrogens with one attached hydrogen (secondary N) is 1. The van der Waals surface area contributed by atoms with Gasteiger partial charge in [0.25, 0.3) is 5.91 Å². The fraction of sp³-hybridized carbons (Fsp3) is 0.304. The Morgan fingerprint density at radius 1 is 1.19 bits per heavy atom. The van der Waals surface area contributed by atoms with Gasteiger partial charge in [-0.2, -0.15) is 4.98 Å². The van der Waals surface area contributed by atoms with Crippen molar-refractivity contribution in [3.63, 3.8) is 0 Å². The van der Waals surface area contributed by atoms with E-state index in [1.165, 1.54) is 12.8 Å². The summed E-state index contributed by atoms with van der Waals surface area (Å²) in [6, 6.07) is 12.4. The number of nitrogens with zero attached hydrogens (tertiary/aromatic N) is 5. The zero-order valence-corrected chi connectivity index (χ0v) is 17.2. The molecule has 156 valence electrons. The number of carbonyl (C=O) groups excluding carboxylic acids is 1. The van der Waals surface area contributed by atoms with Crippen molar-refractivity contribution in [3.05, 3.63) is 65.9 Å². The van der Waals surface area contributed by atoms with E-state index in [0.29, 0.717) is 29.1 Å². The molecule has 1 atom stereocenters. The summed E-state index contributed by atoms with van der Waals surface area (Å²) in [5.74, 6) is 1.01. The third-order valence-electron chi connectivity index (χ3n) is 6.20. The minimum absolute atomic E-state index is 0.220. The van der Waals surface area contributed by atoms with Crippen LogP contribution in [0.1, 0.15) is 47.2 Å². The molecular weight excluding hydrogens is 392 g/mol. The van der Waals surface area contributed by atoms with Crippen LogP contribution >= 0.6 is 0 Å². The molecule has 1 aliphatic heterocycles. The van der Waals surface area contributed by atoms with Gasteiger partial charge in [-0.25, -0.2) is 4.98 Å². The van der Waals surface area contributed by atoms with Gasteiger partial charge in [-0.05, 0) is 49.9 Å². The molecule has 2 fully saturated rings. The number of aryl methyl sites for hydroxylation is 1. The molecule has 8 nitrogen and oxygen atoms in total. The summed E-state index contributed by atoms with van der Waals surface area (Å²) < 4.78 is 7.36. The van der Waals surface area contributed by atoms with Crippen LogP contribution < -0.4 is 5.32 Å². The van der Waals surface area contributed by atoms with Gasteiger partial charge in [0, 0.05) is 30.0 Å². The molecule has 1 N–H and O–H groups in total. The van der Waals surface area contributed by atoms with E-state index in [9.17, 15) is 4.79 Å². The Labute approximate surface area is 178 Å². The van der Waals surface area contributed by atoms with Crippen LogP contribution in [0.3, 0.4) is 0 Å². The molecule has 1 aliphatic carbocycles. The summed E-state index contributed by atoms with van der Waals surface area (Å²) in [6.07, 6.45) is 7.01. The molecule has 2 aliphatic rings. The summed E-state index contributed by atoms with van der Waals surface area (Å²) >= 11 is 0. The van der Waals surface area contributed by atoms with Gasteiger partial charge in [0.2, 0.25) is 11.7 Å². The summed E-state index contributed by atoms with van der Waals surface area (Å²) in [5.41, 5.74) is 3.68. The number of imidazole rings is 1. The predicted octanol–water partition coefficient (Wildman–Crippen LogP) is 3.85. The van der Waals surface area contributed by atoms with E-state index in [0.717, 1.165) is 29.7 Å². The van der Waals surface area contributed by atoms with Gasteiger partial charge >= 0.3 is 0 Å². The Morgan fingerprint density at radius 3 is 2.90 bits per heavy atom. The van der Waals surface area contributed by atoms with E-state index >= 15 is 0 Å². The lowest BCUT2D eigenvalue weighted by atomic mass is 10.0. The molecule has 0 bridgehead atoms. The molecule has 4 aromatic rings. The van der Waals surface area contributed by atoms with Crippen molar-refractivity contribution in [1.82, 2.24) is 24.4 Å². The van der Waals surface area contributed by atoms with Crippen LogP contribution in [0.5, 0.6) is 0 Å². The molecule has 0 spiro atoms. The van der Waals surface area contributed by atoms with Crippen LogP contribution in [0, 0.1) is 6.92 Å². The lowest BCUT2D eigenvalue weighted by Crippen LogP contribution is -2.42. The molecule has 1 saturated carbocycles. The second kappa shape index (κ2) is 7.02. The number of amides is 1. The van der Waals surface area contributed by atoms with E-state index in [2.05, 4.69) is 25.3 Å². The molecule has 4 heterocycles. The number of benzene rings is 1. The van der Waals surface area contributed by atoms with Gasteiger partial charge in [0.15, 0.2) is 0 Å². The molecule has 1 saturated heterocycles. The third kappa shape index (κ3) is 3.19. The van der Waals surface area contributed by atoms with Crippen molar-refractivity contribution < 1.29 is 9.32 Å². The lowest BCUT2D eigenvalue weighted by molar-refractivity contribution is 0.0557. The van der Waals surface area contributed by atoms with Crippen LogP contribution in [-0.4, -0.2) is 42.9 Å². The number of hydrogen-bond donors (Lipinski definition) is 1. The SMILES string of the molecule is Cc1ccc(-c2noc([C@@H]3CCN3C3CC3)n2)cc1NC(=O)c1cnc2ccccn12. The van der Waals surface area contributed by atoms with Gasteiger partial charge in [-0.1, -0.05) is 23.4 Å². The second-order valence-electron chi connectivity index (χ2n) is 8.29. The monoisotopic (exact) mass is 414 g/mol. The zero-order chi connectivity index (χ0) is 20.9. The number of hydrogen-bond acceptors (Lipinski definition) is 6. The summed E-state index contributed by atoms with van der Waals surface area (Å²) in [6.45, 7) is 3.06. The van der Waals surface area contributed by atoms with E-state index in [1.54, 1.807) is 10.6 Å². The summed E-state index contributed by atoms with van der Waals surface area (Å²) in [7, 11) is 0. The number of anilines is 1. The molecule has 3 aromatic heterocycles. The minimum atomic E-state index is -0.220. The number of carbonyl (C=O) groups is 1. The predicted molar refractivity (Wildman–Crippen MR) is 115 cm³/mol. The van der Waals surface area contributed by atoms with Crippen LogP contribution in [0.2, 0.25) is 0 Å². The Balaban J connectivity index is 1.25. The van der Waals surface area contributed by atoms with Crippen molar-refractivity contribution in [2.24, 2.45) is 0 Å². The molecule has 0 unspecified atom stereocenters. The largest absolute Gasteiger partial charge is 0.337 e. The molecule has 0 radical (unpaired) electrons. The highest BCUT2D eigenvalue weighted by Crippen LogP contribution is 2.42. The standard InChI is InChI=1S/C23H22N6O2/c1-14-5-6-15(21-26-23(31-27-21)18-9-11-28(18)16-7-8-16)12-17(14)25-22(30)19-13-24-20-4-2-3-10-29(19)20/h2-6,10,12-13,16,18H,7-9,11H2,1H3,(H,25,30)/t18-/m0/s1. The van der Waals surface area contributed by atoms with Crippen molar-refractivity contribution >= 4 is 17.2 Å². The fourth-order valence-electron chi connectivity index (χ4n) is 4.19. The topological polar surface area (TPSA) is 88.6 Å². The smallest absolute Gasteiger partial charge is 0.274 e. The van der Waals surface area contributed by atoms with Crippen molar-refractivity contribution in [1.29, 1.82) is 0 Å². The highest BCUT2D eigenvalue weighted by molar-refractivity contribution is 6.04. The molecule has 6 rings (SSSR count). The third-order valence-corrected chi connectivity index (χ3v) is 6.20. The zero-order valence-electron chi connectivity index (χ0n) is 17.2. The van der Waals surface area contributed by atoms with Crippen molar-refractivity contribution in [2.75, 3.05) is 11.9 Å². The van der Waals surface area contributed by atoms with E-state index in [-0.39, 0.29) is 11.9 Å². The van der Waals surface area contributed by atoms with Crippen molar-refractivity contribution in [3.8, 4) is 11.4 Å². The van der Waals surface area contributed by atoms with E-state index in [1.807, 2.05) is 49.5 Å². The molecular formula is C23H22N6O2. The van der Waals surface area contributed by atoms with Crippen LogP contribution in [0.4, 0.5) is 5.69 Å². The number of rotatable bonds is 5. The highest BCUT2D eigenvalue weighted by Gasteiger charge is 2.42. The Morgan fingerprint density at radius 2 is 2.10 bits per heavy atom. The first-order valence-electron chi connectivity index (χ1n) is 10.6. The fourth-order valence-corrected chi connectivity index (χ4v) is 4.19. The first-order valence-corrected chi connectivity index (χ1v) is 10.6. The average molecular weight is 414 g/mol. The average Bonchev–Trinajstić information content (AvgIpc) is 3.28. The first kappa shape index (κ1) is 18.3. The van der Waals surface area contributed by atoms with Gasteiger partial charge in [-0.15, -0.1) is 0 Å². The molecule has 1 aromatic carbocycles. The number of pyridine rings is 1. The summed E-state index contributed by atoms with van der Waals surface area (Å²) in [4.78, 5) is 24.3. The number of aromatic nitrogens is 4. The first-order chi connectivity index (χ1) is 15.2. The molecule has 31 heavy (non-hydrogen) atoms. The van der Waals surface area contributed by atoms with Crippen molar-refractivity contribution in [2.45, 2.75) is 38.3 Å². The van der Waals surface area contributed by atoms with Gasteiger partial charge in [0.1, 0.15) is 11.3 Å². The second-order valence-corrected chi connectivity index (χ2v) is 8.29. The molecule has 1 amide bonds. The maximum absolute atomic E-state index is 12.9. The maximum Gasteiger partial charge on any atom is 0.274 e. The van der Waals surface area contributed by atoms with Gasteiger partial charge in [0.05, 0.1) is 12.2 Å². The summed E-state index contributed by atoms with van der Waals surface area (Å²) in [5, 5.41) is 7.21. The van der Waals surface area contributed by atoms with E-state index < -0.39 is 0 Å². The Hall–Kier alpha value is -3.52. The van der Waals surface area contributed by atoms with Gasteiger partial charge < -0.3 is 9.84 Å². The van der Waals surface area contributed by atoms with Crippen LogP contribution in [0.25, 0.3) is 17.0 Å². The van der Waals surface area contributed by atoms with Crippen LogP contribution in [0.15, 0.2) is 53.3 Å². The highest BCUT2D eigenvalue weighted by atomic mass is 16.5. The number of fused-ring (bicyclic) bond motifs is 1. The lowest BCUT2D eigenvalue weighted by Gasteiger charge is -2.38. The Bertz CT molecular complexity index is 1290.